The van der Waals surface area contributed by atoms with Gasteiger partial charge in [-0.25, -0.2) is 0 Å². The van der Waals surface area contributed by atoms with E-state index < -0.39 is 4.92 Å². The van der Waals surface area contributed by atoms with E-state index in [1.807, 2.05) is 24.3 Å². The zero-order valence-electron chi connectivity index (χ0n) is 11.5. The highest BCUT2D eigenvalue weighted by atomic mass is 35.5. The summed E-state index contributed by atoms with van der Waals surface area (Å²) in [7, 11) is 0. The van der Waals surface area contributed by atoms with Gasteiger partial charge in [0.05, 0.1) is 10.8 Å². The van der Waals surface area contributed by atoms with E-state index in [4.69, 9.17) is 20.8 Å². The van der Waals surface area contributed by atoms with E-state index in [-0.39, 0.29) is 5.69 Å². The standard InChI is InChI=1S/C16H12ClNO4/c17-7-8-21-14-4-1-11(2-5-14)16-10-12-9-13(18(19)20)3-6-15(12)22-16/h1-6,9-10H,7-8H2. The quantitative estimate of drug-likeness (QED) is 0.391. The third kappa shape index (κ3) is 2.89. The van der Waals surface area contributed by atoms with Gasteiger partial charge in [-0.2, -0.15) is 0 Å². The molecule has 0 radical (unpaired) electrons. The molecular weight excluding hydrogens is 306 g/mol. The van der Waals surface area contributed by atoms with Crippen molar-refractivity contribution in [3.8, 4) is 17.1 Å². The molecule has 3 rings (SSSR count). The van der Waals surface area contributed by atoms with Crippen molar-refractivity contribution in [2.45, 2.75) is 0 Å². The molecule has 3 aromatic rings. The summed E-state index contributed by atoms with van der Waals surface area (Å²) in [6.45, 7) is 0.454. The summed E-state index contributed by atoms with van der Waals surface area (Å²) < 4.78 is 11.1. The number of nitrogens with zero attached hydrogens (tertiary/aromatic N) is 1. The minimum absolute atomic E-state index is 0.0460. The first-order chi connectivity index (χ1) is 10.7. The molecule has 0 fully saturated rings. The lowest BCUT2D eigenvalue weighted by atomic mass is 10.1. The van der Waals surface area contributed by atoms with Gasteiger partial charge in [0.2, 0.25) is 0 Å². The first kappa shape index (κ1) is 14.4. The SMILES string of the molecule is O=[N+]([O-])c1ccc2oc(-c3ccc(OCCCl)cc3)cc2c1. The fraction of sp³-hybridized carbons (Fsp3) is 0.125. The van der Waals surface area contributed by atoms with Crippen molar-refractivity contribution < 1.29 is 14.1 Å². The monoisotopic (exact) mass is 317 g/mol. The normalized spacial score (nSPS) is 10.8. The lowest BCUT2D eigenvalue weighted by molar-refractivity contribution is -0.384. The molecule has 0 spiro atoms. The first-order valence-electron chi connectivity index (χ1n) is 6.64. The Morgan fingerprint density at radius 1 is 1.14 bits per heavy atom. The third-order valence-corrected chi connectivity index (χ3v) is 3.35. The van der Waals surface area contributed by atoms with E-state index in [2.05, 4.69) is 0 Å². The number of benzene rings is 2. The maximum absolute atomic E-state index is 10.8. The van der Waals surface area contributed by atoms with E-state index >= 15 is 0 Å². The highest BCUT2D eigenvalue weighted by Crippen LogP contribution is 2.30. The number of hydrogen-bond acceptors (Lipinski definition) is 4. The van der Waals surface area contributed by atoms with Crippen molar-refractivity contribution in [2.75, 3.05) is 12.5 Å². The fourth-order valence-corrected chi connectivity index (χ4v) is 2.24. The molecule has 0 aliphatic rings. The van der Waals surface area contributed by atoms with Crippen molar-refractivity contribution in [1.29, 1.82) is 0 Å². The zero-order chi connectivity index (χ0) is 15.5. The topological polar surface area (TPSA) is 65.5 Å². The second-order valence-corrected chi connectivity index (χ2v) is 5.03. The number of nitro benzene ring substituents is 1. The van der Waals surface area contributed by atoms with Crippen LogP contribution in [0.15, 0.2) is 52.9 Å². The molecule has 6 heteroatoms. The summed E-state index contributed by atoms with van der Waals surface area (Å²) in [6.07, 6.45) is 0. The van der Waals surface area contributed by atoms with Gasteiger partial charge in [0, 0.05) is 23.1 Å². The Kier molecular flexibility index (Phi) is 3.98. The minimum atomic E-state index is -0.422. The van der Waals surface area contributed by atoms with Gasteiger partial charge in [0.15, 0.2) is 0 Å². The average Bonchev–Trinajstić information content (AvgIpc) is 2.96. The molecule has 2 aromatic carbocycles. The van der Waals surface area contributed by atoms with Crippen LogP contribution in [0.4, 0.5) is 5.69 Å². The van der Waals surface area contributed by atoms with Gasteiger partial charge in [-0.1, -0.05) is 0 Å². The number of hydrogen-bond donors (Lipinski definition) is 0. The molecule has 0 saturated heterocycles. The number of alkyl halides is 1. The van der Waals surface area contributed by atoms with Crippen LogP contribution in [0.3, 0.4) is 0 Å². The van der Waals surface area contributed by atoms with Crippen LogP contribution in [-0.4, -0.2) is 17.4 Å². The Morgan fingerprint density at radius 2 is 1.91 bits per heavy atom. The zero-order valence-corrected chi connectivity index (χ0v) is 12.2. The van der Waals surface area contributed by atoms with Gasteiger partial charge in [-0.05, 0) is 36.4 Å². The molecule has 0 unspecified atom stereocenters. The summed E-state index contributed by atoms with van der Waals surface area (Å²) in [5, 5.41) is 11.5. The van der Waals surface area contributed by atoms with Crippen LogP contribution in [0.2, 0.25) is 0 Å². The van der Waals surface area contributed by atoms with Crippen molar-refractivity contribution >= 4 is 28.3 Å². The third-order valence-electron chi connectivity index (χ3n) is 3.20. The summed E-state index contributed by atoms with van der Waals surface area (Å²) in [6, 6.07) is 13.7. The van der Waals surface area contributed by atoms with Crippen LogP contribution in [0.25, 0.3) is 22.3 Å². The van der Waals surface area contributed by atoms with E-state index in [0.29, 0.717) is 29.2 Å². The Hall–Kier alpha value is -2.53. The molecule has 0 amide bonds. The lowest BCUT2D eigenvalue weighted by Gasteiger charge is -2.04. The predicted octanol–water partition coefficient (Wildman–Crippen LogP) is 4.63. The Balaban J connectivity index is 1.91. The molecule has 0 N–H and O–H groups in total. The number of nitro groups is 1. The van der Waals surface area contributed by atoms with Crippen LogP contribution < -0.4 is 4.74 Å². The average molecular weight is 318 g/mol. The molecule has 0 atom stereocenters. The molecule has 0 saturated carbocycles. The number of rotatable bonds is 5. The maximum atomic E-state index is 10.8. The smallest absolute Gasteiger partial charge is 0.270 e. The molecule has 0 bridgehead atoms. The minimum Gasteiger partial charge on any atom is -0.492 e. The van der Waals surface area contributed by atoms with E-state index in [0.717, 1.165) is 11.3 Å². The Bertz CT molecular complexity index is 811. The Morgan fingerprint density at radius 3 is 2.59 bits per heavy atom. The van der Waals surface area contributed by atoms with Crippen molar-refractivity contribution in [2.24, 2.45) is 0 Å². The van der Waals surface area contributed by atoms with Crippen molar-refractivity contribution in [1.82, 2.24) is 0 Å². The van der Waals surface area contributed by atoms with Crippen LogP contribution in [0.1, 0.15) is 0 Å². The van der Waals surface area contributed by atoms with Gasteiger partial charge in [-0.3, -0.25) is 10.1 Å². The summed E-state index contributed by atoms with van der Waals surface area (Å²) in [5.74, 6) is 1.82. The fourth-order valence-electron chi connectivity index (χ4n) is 2.16. The Labute approximate surface area is 131 Å². The first-order valence-corrected chi connectivity index (χ1v) is 7.18. The highest BCUT2D eigenvalue weighted by molar-refractivity contribution is 6.18. The van der Waals surface area contributed by atoms with Gasteiger partial charge in [0.25, 0.3) is 5.69 Å². The summed E-state index contributed by atoms with van der Waals surface area (Å²) in [4.78, 5) is 10.4. The van der Waals surface area contributed by atoms with Gasteiger partial charge in [0.1, 0.15) is 23.7 Å². The van der Waals surface area contributed by atoms with Crippen molar-refractivity contribution in [3.63, 3.8) is 0 Å². The number of ether oxygens (including phenoxy) is 1. The van der Waals surface area contributed by atoms with Crippen molar-refractivity contribution in [3.05, 3.63) is 58.6 Å². The molecular formula is C16H12ClNO4. The van der Waals surface area contributed by atoms with Gasteiger partial charge < -0.3 is 9.15 Å². The largest absolute Gasteiger partial charge is 0.492 e. The molecule has 5 nitrogen and oxygen atoms in total. The number of fused-ring (bicyclic) bond motifs is 1. The van der Waals surface area contributed by atoms with Gasteiger partial charge in [-0.15, -0.1) is 11.6 Å². The number of halogens is 1. The molecule has 1 aromatic heterocycles. The van der Waals surface area contributed by atoms with Crippen LogP contribution in [-0.2, 0) is 0 Å². The lowest BCUT2D eigenvalue weighted by Crippen LogP contribution is -1.97. The summed E-state index contributed by atoms with van der Waals surface area (Å²) in [5.41, 5.74) is 1.53. The number of non-ortho nitro benzene ring substituents is 1. The van der Waals surface area contributed by atoms with Crippen LogP contribution >= 0.6 is 11.6 Å². The molecule has 112 valence electrons. The van der Waals surface area contributed by atoms with E-state index in [1.165, 1.54) is 12.1 Å². The molecule has 0 aliphatic carbocycles. The van der Waals surface area contributed by atoms with Crippen LogP contribution in [0, 0.1) is 10.1 Å². The molecule has 0 aliphatic heterocycles. The summed E-state index contributed by atoms with van der Waals surface area (Å²) >= 11 is 5.57. The highest BCUT2D eigenvalue weighted by Gasteiger charge is 2.11. The number of furan rings is 1. The predicted molar refractivity (Wildman–Crippen MR) is 84.5 cm³/mol. The van der Waals surface area contributed by atoms with E-state index in [9.17, 15) is 10.1 Å². The second kappa shape index (κ2) is 6.07. The van der Waals surface area contributed by atoms with Crippen LogP contribution in [0.5, 0.6) is 5.75 Å². The molecule has 22 heavy (non-hydrogen) atoms. The van der Waals surface area contributed by atoms with E-state index in [1.54, 1.807) is 12.1 Å². The second-order valence-electron chi connectivity index (χ2n) is 4.65. The molecule has 1 heterocycles. The maximum Gasteiger partial charge on any atom is 0.270 e. The van der Waals surface area contributed by atoms with Gasteiger partial charge >= 0.3 is 0 Å².